The summed E-state index contributed by atoms with van der Waals surface area (Å²) < 4.78 is 0. The van der Waals surface area contributed by atoms with E-state index in [1.54, 1.807) is 11.3 Å². The molecule has 1 aliphatic heterocycles. The standard InChI is InChI=1S/C11H11N3S2/c12-5-10-13-14-11(16-10)8-6-15-9-4-2-1-3-7(8)9/h1-4,8H,5-6,12H2. The maximum atomic E-state index is 5.56. The molecule has 1 aromatic heterocycles. The molecule has 0 spiro atoms. The highest BCUT2D eigenvalue weighted by Gasteiger charge is 2.27. The molecule has 0 saturated carbocycles. The Morgan fingerprint density at radius 1 is 1.31 bits per heavy atom. The van der Waals surface area contributed by atoms with E-state index in [1.807, 2.05) is 11.8 Å². The van der Waals surface area contributed by atoms with Gasteiger partial charge in [0.05, 0.1) is 0 Å². The summed E-state index contributed by atoms with van der Waals surface area (Å²) in [4.78, 5) is 1.37. The van der Waals surface area contributed by atoms with Crippen LogP contribution in [0.15, 0.2) is 29.2 Å². The third kappa shape index (κ3) is 1.65. The van der Waals surface area contributed by atoms with E-state index in [0.717, 1.165) is 15.8 Å². The molecule has 0 fully saturated rings. The van der Waals surface area contributed by atoms with Crippen molar-refractivity contribution in [3.63, 3.8) is 0 Å². The molecular formula is C11H11N3S2. The van der Waals surface area contributed by atoms with Gasteiger partial charge in [-0.1, -0.05) is 29.5 Å². The molecule has 0 aliphatic carbocycles. The quantitative estimate of drug-likeness (QED) is 0.887. The van der Waals surface area contributed by atoms with Crippen molar-refractivity contribution in [1.29, 1.82) is 0 Å². The third-order valence-electron chi connectivity index (χ3n) is 2.66. The number of hydrogen-bond acceptors (Lipinski definition) is 5. The minimum absolute atomic E-state index is 0.402. The van der Waals surface area contributed by atoms with Gasteiger partial charge in [0.1, 0.15) is 10.0 Å². The summed E-state index contributed by atoms with van der Waals surface area (Å²) in [6.07, 6.45) is 0. The topological polar surface area (TPSA) is 51.8 Å². The summed E-state index contributed by atoms with van der Waals surface area (Å²) in [5.74, 6) is 1.47. The molecule has 82 valence electrons. The lowest BCUT2D eigenvalue weighted by molar-refractivity contribution is 0.862. The first kappa shape index (κ1) is 10.3. The molecule has 3 rings (SSSR count). The van der Waals surface area contributed by atoms with E-state index in [9.17, 15) is 0 Å². The van der Waals surface area contributed by atoms with Crippen molar-refractivity contribution < 1.29 is 0 Å². The Labute approximate surface area is 102 Å². The summed E-state index contributed by atoms with van der Waals surface area (Å²) in [6.45, 7) is 0.485. The average molecular weight is 249 g/mol. The van der Waals surface area contributed by atoms with Crippen molar-refractivity contribution in [2.45, 2.75) is 17.4 Å². The van der Waals surface area contributed by atoms with Gasteiger partial charge >= 0.3 is 0 Å². The lowest BCUT2D eigenvalue weighted by Gasteiger charge is -2.04. The van der Waals surface area contributed by atoms with Crippen LogP contribution >= 0.6 is 23.1 Å². The fraction of sp³-hybridized carbons (Fsp3) is 0.273. The number of fused-ring (bicyclic) bond motifs is 1. The lowest BCUT2D eigenvalue weighted by Crippen LogP contribution is -1.98. The first-order valence-electron chi connectivity index (χ1n) is 5.12. The van der Waals surface area contributed by atoms with Gasteiger partial charge in [-0.25, -0.2) is 0 Å². The van der Waals surface area contributed by atoms with Gasteiger partial charge in [0, 0.05) is 23.1 Å². The normalized spacial score (nSPS) is 18.7. The Bertz CT molecular complexity index is 509. The Morgan fingerprint density at radius 3 is 3.00 bits per heavy atom. The number of nitrogens with two attached hydrogens (primary N) is 1. The van der Waals surface area contributed by atoms with Crippen molar-refractivity contribution >= 4 is 23.1 Å². The molecule has 1 atom stereocenters. The van der Waals surface area contributed by atoms with Crippen LogP contribution in [-0.4, -0.2) is 16.0 Å². The molecule has 0 bridgehead atoms. The van der Waals surface area contributed by atoms with Crippen LogP contribution in [0, 0.1) is 0 Å². The first-order valence-corrected chi connectivity index (χ1v) is 6.93. The molecule has 1 aliphatic rings. The van der Waals surface area contributed by atoms with Gasteiger partial charge in [-0.3, -0.25) is 0 Å². The predicted molar refractivity (Wildman–Crippen MR) is 66.8 cm³/mol. The van der Waals surface area contributed by atoms with Crippen LogP contribution in [0.2, 0.25) is 0 Å². The zero-order valence-corrected chi connectivity index (χ0v) is 10.2. The van der Waals surface area contributed by atoms with E-state index in [-0.39, 0.29) is 0 Å². The fourth-order valence-corrected chi connectivity index (χ4v) is 4.04. The largest absolute Gasteiger partial charge is 0.324 e. The second-order valence-electron chi connectivity index (χ2n) is 3.64. The maximum Gasteiger partial charge on any atom is 0.131 e. The van der Waals surface area contributed by atoms with Crippen LogP contribution in [0.4, 0.5) is 0 Å². The highest BCUT2D eigenvalue weighted by atomic mass is 32.2. The molecule has 2 aromatic rings. The molecule has 5 heteroatoms. The summed E-state index contributed by atoms with van der Waals surface area (Å²) >= 11 is 3.53. The summed E-state index contributed by atoms with van der Waals surface area (Å²) in [5, 5.41) is 10.3. The molecule has 2 N–H and O–H groups in total. The highest BCUT2D eigenvalue weighted by molar-refractivity contribution is 7.99. The lowest BCUT2D eigenvalue weighted by atomic mass is 10.0. The van der Waals surface area contributed by atoms with Crippen LogP contribution < -0.4 is 5.73 Å². The first-order chi connectivity index (χ1) is 7.88. The van der Waals surface area contributed by atoms with Crippen molar-refractivity contribution in [3.8, 4) is 0 Å². The molecule has 1 unspecified atom stereocenters. The van der Waals surface area contributed by atoms with Gasteiger partial charge in [-0.05, 0) is 11.6 Å². The van der Waals surface area contributed by atoms with Crippen molar-refractivity contribution in [3.05, 3.63) is 39.8 Å². The molecule has 2 heterocycles. The molecule has 0 amide bonds. The van der Waals surface area contributed by atoms with Gasteiger partial charge in [0.2, 0.25) is 0 Å². The van der Waals surface area contributed by atoms with Gasteiger partial charge in [0.25, 0.3) is 0 Å². The number of aromatic nitrogens is 2. The van der Waals surface area contributed by atoms with Crippen LogP contribution in [0.1, 0.15) is 21.5 Å². The second kappa shape index (κ2) is 4.16. The number of nitrogens with zero attached hydrogens (tertiary/aromatic N) is 2. The van der Waals surface area contributed by atoms with Gasteiger partial charge in [-0.15, -0.1) is 22.0 Å². The molecule has 3 nitrogen and oxygen atoms in total. The minimum atomic E-state index is 0.402. The number of benzene rings is 1. The van der Waals surface area contributed by atoms with Crippen molar-refractivity contribution in [1.82, 2.24) is 10.2 Å². The monoisotopic (exact) mass is 249 g/mol. The molecular weight excluding hydrogens is 238 g/mol. The summed E-state index contributed by atoms with van der Waals surface area (Å²) in [7, 11) is 0. The van der Waals surface area contributed by atoms with E-state index in [2.05, 4.69) is 34.5 Å². The summed E-state index contributed by atoms with van der Waals surface area (Å²) in [5.41, 5.74) is 6.94. The molecule has 16 heavy (non-hydrogen) atoms. The zero-order chi connectivity index (χ0) is 11.0. The highest BCUT2D eigenvalue weighted by Crippen LogP contribution is 2.43. The van der Waals surface area contributed by atoms with Crippen LogP contribution in [0.5, 0.6) is 0 Å². The zero-order valence-electron chi connectivity index (χ0n) is 8.59. The van der Waals surface area contributed by atoms with Crippen molar-refractivity contribution in [2.75, 3.05) is 5.75 Å². The van der Waals surface area contributed by atoms with Crippen molar-refractivity contribution in [2.24, 2.45) is 5.73 Å². The Hall–Kier alpha value is -0.910. The third-order valence-corrected chi connectivity index (χ3v) is 4.90. The fourth-order valence-electron chi connectivity index (χ4n) is 1.86. The Balaban J connectivity index is 1.98. The van der Waals surface area contributed by atoms with E-state index < -0.39 is 0 Å². The van der Waals surface area contributed by atoms with Crippen LogP contribution in [-0.2, 0) is 6.54 Å². The van der Waals surface area contributed by atoms with Crippen LogP contribution in [0.3, 0.4) is 0 Å². The molecule has 1 aromatic carbocycles. The Morgan fingerprint density at radius 2 is 2.19 bits per heavy atom. The number of rotatable bonds is 2. The van der Waals surface area contributed by atoms with E-state index in [0.29, 0.717) is 12.5 Å². The maximum absolute atomic E-state index is 5.56. The SMILES string of the molecule is NCc1nnc(C2CSc3ccccc32)s1. The molecule has 0 radical (unpaired) electrons. The van der Waals surface area contributed by atoms with E-state index >= 15 is 0 Å². The van der Waals surface area contributed by atoms with E-state index in [4.69, 9.17) is 5.73 Å². The summed E-state index contributed by atoms with van der Waals surface area (Å²) in [6, 6.07) is 8.52. The molecule has 0 saturated heterocycles. The number of hydrogen-bond donors (Lipinski definition) is 1. The Kier molecular flexibility index (Phi) is 2.67. The average Bonchev–Trinajstić information content (AvgIpc) is 2.94. The van der Waals surface area contributed by atoms with Gasteiger partial charge < -0.3 is 5.73 Å². The smallest absolute Gasteiger partial charge is 0.131 e. The van der Waals surface area contributed by atoms with E-state index in [1.165, 1.54) is 10.5 Å². The second-order valence-corrected chi connectivity index (χ2v) is 5.80. The minimum Gasteiger partial charge on any atom is -0.324 e. The predicted octanol–water partition coefficient (Wildman–Crippen LogP) is 2.23. The van der Waals surface area contributed by atoms with Gasteiger partial charge in [-0.2, -0.15) is 0 Å². The van der Waals surface area contributed by atoms with Gasteiger partial charge in [0.15, 0.2) is 0 Å². The van der Waals surface area contributed by atoms with Crippen LogP contribution in [0.25, 0.3) is 0 Å². The number of thioether (sulfide) groups is 1.